The Morgan fingerprint density at radius 2 is 2.11 bits per heavy atom. The molecule has 3 rings (SSSR count). The maximum absolute atomic E-state index is 11.2. The SMILES string of the molecule is NC(=O)c1cc2c(-c3cccnc3)cncc2s1. The number of pyridine rings is 2. The van der Waals surface area contributed by atoms with Crippen molar-refractivity contribution in [2.45, 2.75) is 0 Å². The Kier molecular flexibility index (Phi) is 2.53. The maximum Gasteiger partial charge on any atom is 0.258 e. The van der Waals surface area contributed by atoms with Gasteiger partial charge in [0.25, 0.3) is 5.91 Å². The first kappa shape index (κ1) is 10.9. The quantitative estimate of drug-likeness (QED) is 0.764. The molecule has 0 bridgehead atoms. The molecule has 0 aromatic carbocycles. The second-order valence-electron chi connectivity index (χ2n) is 3.82. The lowest BCUT2D eigenvalue weighted by molar-refractivity contribution is 0.100. The van der Waals surface area contributed by atoms with Crippen LogP contribution in [-0.2, 0) is 0 Å². The second kappa shape index (κ2) is 4.19. The van der Waals surface area contributed by atoms with E-state index in [0.717, 1.165) is 21.2 Å². The van der Waals surface area contributed by atoms with Crippen LogP contribution in [0.4, 0.5) is 0 Å². The first-order chi connectivity index (χ1) is 8.75. The van der Waals surface area contributed by atoms with Crippen LogP contribution in [0.15, 0.2) is 43.0 Å². The highest BCUT2D eigenvalue weighted by Gasteiger charge is 2.11. The van der Waals surface area contributed by atoms with E-state index in [1.165, 1.54) is 11.3 Å². The van der Waals surface area contributed by atoms with E-state index in [4.69, 9.17) is 5.73 Å². The van der Waals surface area contributed by atoms with Gasteiger partial charge in [-0.1, -0.05) is 6.07 Å². The lowest BCUT2D eigenvalue weighted by Gasteiger charge is -2.01. The number of amides is 1. The van der Waals surface area contributed by atoms with Gasteiger partial charge >= 0.3 is 0 Å². The van der Waals surface area contributed by atoms with Gasteiger partial charge < -0.3 is 5.73 Å². The smallest absolute Gasteiger partial charge is 0.258 e. The van der Waals surface area contributed by atoms with Gasteiger partial charge in [-0.15, -0.1) is 11.3 Å². The summed E-state index contributed by atoms with van der Waals surface area (Å²) in [7, 11) is 0. The Labute approximate surface area is 107 Å². The van der Waals surface area contributed by atoms with Crippen molar-refractivity contribution in [1.82, 2.24) is 9.97 Å². The molecular weight excluding hydrogens is 246 g/mol. The van der Waals surface area contributed by atoms with Crippen molar-refractivity contribution < 1.29 is 4.79 Å². The molecule has 0 fully saturated rings. The van der Waals surface area contributed by atoms with E-state index >= 15 is 0 Å². The van der Waals surface area contributed by atoms with Crippen LogP contribution in [0.5, 0.6) is 0 Å². The van der Waals surface area contributed by atoms with Gasteiger partial charge in [-0.3, -0.25) is 14.8 Å². The van der Waals surface area contributed by atoms with Crippen molar-refractivity contribution in [3.8, 4) is 11.1 Å². The number of primary amides is 1. The zero-order chi connectivity index (χ0) is 12.5. The summed E-state index contributed by atoms with van der Waals surface area (Å²) < 4.78 is 0.949. The van der Waals surface area contributed by atoms with Crippen molar-refractivity contribution in [3.05, 3.63) is 47.9 Å². The molecule has 0 aliphatic carbocycles. The Morgan fingerprint density at radius 1 is 1.22 bits per heavy atom. The summed E-state index contributed by atoms with van der Waals surface area (Å²) >= 11 is 1.36. The molecule has 0 saturated carbocycles. The molecule has 3 aromatic rings. The van der Waals surface area contributed by atoms with Crippen LogP contribution in [0.2, 0.25) is 0 Å². The first-order valence-corrected chi connectivity index (χ1v) is 6.15. The van der Waals surface area contributed by atoms with E-state index in [1.807, 2.05) is 18.2 Å². The summed E-state index contributed by atoms with van der Waals surface area (Å²) in [5.41, 5.74) is 7.24. The van der Waals surface area contributed by atoms with E-state index in [1.54, 1.807) is 24.8 Å². The number of carbonyl (C=O) groups excluding carboxylic acids is 1. The molecule has 2 N–H and O–H groups in total. The third kappa shape index (κ3) is 1.74. The van der Waals surface area contributed by atoms with Gasteiger partial charge in [-0.25, -0.2) is 0 Å². The largest absolute Gasteiger partial charge is 0.365 e. The number of thiophene rings is 1. The molecule has 0 unspecified atom stereocenters. The molecule has 88 valence electrons. The maximum atomic E-state index is 11.2. The van der Waals surface area contributed by atoms with Gasteiger partial charge in [-0.05, 0) is 12.1 Å². The molecule has 5 heteroatoms. The van der Waals surface area contributed by atoms with Crippen LogP contribution >= 0.6 is 11.3 Å². The molecule has 0 aliphatic heterocycles. The lowest BCUT2D eigenvalue weighted by atomic mass is 10.1. The van der Waals surface area contributed by atoms with E-state index in [0.29, 0.717) is 4.88 Å². The zero-order valence-electron chi connectivity index (χ0n) is 9.33. The first-order valence-electron chi connectivity index (χ1n) is 5.33. The van der Waals surface area contributed by atoms with Crippen LogP contribution in [0, 0.1) is 0 Å². The van der Waals surface area contributed by atoms with Crippen LogP contribution in [0.25, 0.3) is 21.2 Å². The van der Waals surface area contributed by atoms with Gasteiger partial charge in [0.15, 0.2) is 0 Å². The average Bonchev–Trinajstić information content (AvgIpc) is 2.83. The summed E-state index contributed by atoms with van der Waals surface area (Å²) in [5, 5.41) is 0.983. The fraction of sp³-hybridized carbons (Fsp3) is 0. The molecule has 18 heavy (non-hydrogen) atoms. The van der Waals surface area contributed by atoms with E-state index in [2.05, 4.69) is 9.97 Å². The second-order valence-corrected chi connectivity index (χ2v) is 4.90. The van der Waals surface area contributed by atoms with Crippen molar-refractivity contribution in [2.24, 2.45) is 5.73 Å². The van der Waals surface area contributed by atoms with E-state index in [9.17, 15) is 4.79 Å². The van der Waals surface area contributed by atoms with Crippen molar-refractivity contribution in [3.63, 3.8) is 0 Å². The molecular formula is C13H9N3OS. The highest BCUT2D eigenvalue weighted by atomic mass is 32.1. The number of nitrogens with two attached hydrogens (primary N) is 1. The number of hydrogen-bond donors (Lipinski definition) is 1. The van der Waals surface area contributed by atoms with Gasteiger partial charge in [0.1, 0.15) is 0 Å². The Morgan fingerprint density at radius 3 is 2.83 bits per heavy atom. The molecule has 0 spiro atoms. The number of rotatable bonds is 2. The van der Waals surface area contributed by atoms with Crippen LogP contribution in [-0.4, -0.2) is 15.9 Å². The number of carbonyl (C=O) groups is 1. The van der Waals surface area contributed by atoms with Gasteiger partial charge in [0.2, 0.25) is 0 Å². The summed E-state index contributed by atoms with van der Waals surface area (Å²) in [4.78, 5) is 20.0. The molecule has 1 amide bonds. The molecule has 0 radical (unpaired) electrons. The predicted octanol–water partition coefficient (Wildman–Crippen LogP) is 2.46. The standard InChI is InChI=1S/C13H9N3OS/c14-13(17)11-4-9-10(6-16-7-12(9)18-11)8-2-1-3-15-5-8/h1-7H,(H2,14,17). The highest BCUT2D eigenvalue weighted by molar-refractivity contribution is 7.20. The summed E-state index contributed by atoms with van der Waals surface area (Å²) in [5.74, 6) is -0.409. The normalized spacial score (nSPS) is 10.7. The molecule has 4 nitrogen and oxygen atoms in total. The topological polar surface area (TPSA) is 68.9 Å². The average molecular weight is 255 g/mol. The Balaban J connectivity index is 2.27. The van der Waals surface area contributed by atoms with Crippen molar-refractivity contribution in [1.29, 1.82) is 0 Å². The molecule has 3 heterocycles. The zero-order valence-corrected chi connectivity index (χ0v) is 10.1. The monoisotopic (exact) mass is 255 g/mol. The number of fused-ring (bicyclic) bond motifs is 1. The minimum absolute atomic E-state index is 0.409. The third-order valence-corrected chi connectivity index (χ3v) is 3.75. The Hall–Kier alpha value is -2.27. The van der Waals surface area contributed by atoms with Crippen LogP contribution in [0.1, 0.15) is 9.67 Å². The van der Waals surface area contributed by atoms with Gasteiger partial charge in [0, 0.05) is 41.3 Å². The fourth-order valence-corrected chi connectivity index (χ4v) is 2.74. The van der Waals surface area contributed by atoms with Crippen LogP contribution < -0.4 is 5.73 Å². The third-order valence-electron chi connectivity index (χ3n) is 2.66. The van der Waals surface area contributed by atoms with Crippen LogP contribution in [0.3, 0.4) is 0 Å². The van der Waals surface area contributed by atoms with Crippen molar-refractivity contribution in [2.75, 3.05) is 0 Å². The fourth-order valence-electron chi connectivity index (χ4n) is 1.83. The number of nitrogens with zero attached hydrogens (tertiary/aromatic N) is 2. The summed E-state index contributed by atoms with van der Waals surface area (Å²) in [6.07, 6.45) is 7.01. The summed E-state index contributed by atoms with van der Waals surface area (Å²) in [6, 6.07) is 5.65. The Bertz CT molecular complexity index is 721. The minimum Gasteiger partial charge on any atom is -0.365 e. The predicted molar refractivity (Wildman–Crippen MR) is 71.4 cm³/mol. The molecule has 0 aliphatic rings. The van der Waals surface area contributed by atoms with E-state index in [-0.39, 0.29) is 0 Å². The lowest BCUT2D eigenvalue weighted by Crippen LogP contribution is -2.08. The molecule has 3 aromatic heterocycles. The van der Waals surface area contributed by atoms with Crippen molar-refractivity contribution >= 4 is 27.3 Å². The molecule has 0 atom stereocenters. The number of hydrogen-bond acceptors (Lipinski definition) is 4. The van der Waals surface area contributed by atoms with Gasteiger partial charge in [0.05, 0.1) is 9.58 Å². The molecule has 0 saturated heterocycles. The minimum atomic E-state index is -0.409. The summed E-state index contributed by atoms with van der Waals surface area (Å²) in [6.45, 7) is 0. The number of aromatic nitrogens is 2. The highest BCUT2D eigenvalue weighted by Crippen LogP contribution is 2.32. The van der Waals surface area contributed by atoms with E-state index < -0.39 is 5.91 Å². The van der Waals surface area contributed by atoms with Gasteiger partial charge in [-0.2, -0.15) is 0 Å².